The van der Waals surface area contributed by atoms with Crippen LogP contribution in [0.1, 0.15) is 36.8 Å². The number of fused-ring (bicyclic) bond motifs is 2. The molecule has 0 radical (unpaired) electrons. The number of pyridine rings is 1. The number of nitrogens with one attached hydrogen (secondary N) is 1. The van der Waals surface area contributed by atoms with Crippen molar-refractivity contribution in [1.29, 1.82) is 0 Å². The summed E-state index contributed by atoms with van der Waals surface area (Å²) in [4.78, 5) is 16.1. The molecule has 0 aromatic carbocycles. The number of hydrogen-bond acceptors (Lipinski definition) is 2. The molecule has 2 aliphatic carbocycles. The Bertz CT molecular complexity index is 472. The van der Waals surface area contributed by atoms with Crippen molar-refractivity contribution in [3.63, 3.8) is 0 Å². The third-order valence-corrected chi connectivity index (χ3v) is 4.93. The van der Waals surface area contributed by atoms with Crippen molar-refractivity contribution in [3.05, 3.63) is 29.6 Å². The number of aromatic nitrogens is 1. The Morgan fingerprint density at radius 3 is 3.00 bits per heavy atom. The van der Waals surface area contributed by atoms with E-state index >= 15 is 0 Å². The van der Waals surface area contributed by atoms with Gasteiger partial charge in [0.15, 0.2) is 0 Å². The van der Waals surface area contributed by atoms with Crippen molar-refractivity contribution in [2.75, 3.05) is 6.54 Å². The van der Waals surface area contributed by atoms with E-state index in [2.05, 4.69) is 10.3 Å². The van der Waals surface area contributed by atoms with E-state index in [-0.39, 0.29) is 5.91 Å². The van der Waals surface area contributed by atoms with Crippen LogP contribution in [0.25, 0.3) is 0 Å². The maximum atomic E-state index is 12.0. The molecule has 1 aromatic heterocycles. The molecule has 1 heterocycles. The molecule has 1 aromatic rings. The first-order chi connectivity index (χ1) is 9.22. The highest BCUT2D eigenvalue weighted by molar-refractivity contribution is 5.78. The second-order valence-corrected chi connectivity index (χ2v) is 6.22. The van der Waals surface area contributed by atoms with Gasteiger partial charge in [0.25, 0.3) is 0 Å². The van der Waals surface area contributed by atoms with Crippen LogP contribution in [-0.4, -0.2) is 17.4 Å². The lowest BCUT2D eigenvalue weighted by Gasteiger charge is -2.21. The van der Waals surface area contributed by atoms with E-state index in [0.29, 0.717) is 6.42 Å². The molecule has 1 amide bonds. The van der Waals surface area contributed by atoms with Crippen molar-refractivity contribution in [3.8, 4) is 0 Å². The van der Waals surface area contributed by atoms with Gasteiger partial charge in [-0.3, -0.25) is 9.78 Å². The fourth-order valence-corrected chi connectivity index (χ4v) is 3.81. The molecule has 2 bridgehead atoms. The van der Waals surface area contributed by atoms with E-state index in [9.17, 15) is 4.79 Å². The Labute approximate surface area is 114 Å². The molecule has 2 aliphatic rings. The zero-order chi connectivity index (χ0) is 13.2. The summed E-state index contributed by atoms with van der Waals surface area (Å²) in [6, 6.07) is 1.94. The number of rotatable bonds is 4. The average molecular weight is 258 g/mol. The summed E-state index contributed by atoms with van der Waals surface area (Å²) < 4.78 is 0. The minimum absolute atomic E-state index is 0.150. The molecule has 0 spiro atoms. The number of aryl methyl sites for hydroxylation is 1. The Morgan fingerprint density at radius 1 is 1.42 bits per heavy atom. The predicted octanol–water partition coefficient (Wildman–Crippen LogP) is 2.48. The molecule has 2 saturated carbocycles. The Morgan fingerprint density at radius 2 is 2.32 bits per heavy atom. The second kappa shape index (κ2) is 5.32. The lowest BCUT2D eigenvalue weighted by molar-refractivity contribution is -0.120. The molecule has 19 heavy (non-hydrogen) atoms. The lowest BCUT2D eigenvalue weighted by Crippen LogP contribution is -2.32. The van der Waals surface area contributed by atoms with Gasteiger partial charge in [0.05, 0.1) is 6.42 Å². The van der Waals surface area contributed by atoms with E-state index in [4.69, 9.17) is 0 Å². The maximum absolute atomic E-state index is 12.0. The van der Waals surface area contributed by atoms with Gasteiger partial charge in [0.1, 0.15) is 0 Å². The normalized spacial score (nSPS) is 28.6. The largest absolute Gasteiger partial charge is 0.356 e. The standard InChI is InChI=1S/C16H22N2O/c1-11-9-17-5-4-13(11)8-16(19)18-10-15-7-12-2-3-14(15)6-12/h4-5,9,12,14-15H,2-3,6-8,10H2,1H3,(H,18,19). The number of nitrogens with zero attached hydrogens (tertiary/aromatic N) is 1. The number of carbonyl (C=O) groups excluding carboxylic acids is 1. The molecular formula is C16H22N2O. The van der Waals surface area contributed by atoms with Crippen molar-refractivity contribution in [2.45, 2.75) is 39.0 Å². The monoisotopic (exact) mass is 258 g/mol. The second-order valence-electron chi connectivity index (χ2n) is 6.22. The minimum atomic E-state index is 0.150. The van der Waals surface area contributed by atoms with E-state index in [1.807, 2.05) is 19.2 Å². The Balaban J connectivity index is 1.48. The van der Waals surface area contributed by atoms with Gasteiger partial charge < -0.3 is 5.32 Å². The van der Waals surface area contributed by atoms with Gasteiger partial charge in [-0.05, 0) is 61.1 Å². The first kappa shape index (κ1) is 12.6. The third-order valence-electron chi connectivity index (χ3n) is 4.93. The van der Waals surface area contributed by atoms with Gasteiger partial charge in [-0.25, -0.2) is 0 Å². The van der Waals surface area contributed by atoms with Crippen LogP contribution in [0, 0.1) is 24.7 Å². The van der Waals surface area contributed by atoms with E-state index < -0.39 is 0 Å². The fourth-order valence-electron chi connectivity index (χ4n) is 3.81. The van der Waals surface area contributed by atoms with Gasteiger partial charge in [0.2, 0.25) is 5.91 Å². The SMILES string of the molecule is Cc1cnccc1CC(=O)NCC1CC2CCC1C2. The summed E-state index contributed by atoms with van der Waals surface area (Å²) in [5.74, 6) is 2.72. The van der Waals surface area contributed by atoms with Crippen LogP contribution in [-0.2, 0) is 11.2 Å². The highest BCUT2D eigenvalue weighted by atomic mass is 16.1. The highest BCUT2D eigenvalue weighted by Gasteiger charge is 2.39. The van der Waals surface area contributed by atoms with Crippen LogP contribution in [0.15, 0.2) is 18.5 Å². The van der Waals surface area contributed by atoms with E-state index in [1.165, 1.54) is 25.7 Å². The smallest absolute Gasteiger partial charge is 0.224 e. The summed E-state index contributed by atoms with van der Waals surface area (Å²) in [6.07, 6.45) is 9.60. The Kier molecular flexibility index (Phi) is 3.54. The molecule has 3 unspecified atom stereocenters. The fraction of sp³-hybridized carbons (Fsp3) is 0.625. The molecule has 3 nitrogen and oxygen atoms in total. The van der Waals surface area contributed by atoms with Crippen LogP contribution in [0.5, 0.6) is 0 Å². The van der Waals surface area contributed by atoms with Crippen LogP contribution >= 0.6 is 0 Å². The number of carbonyl (C=O) groups is 1. The zero-order valence-electron chi connectivity index (χ0n) is 11.6. The molecule has 1 N–H and O–H groups in total. The van der Waals surface area contributed by atoms with Crippen molar-refractivity contribution < 1.29 is 4.79 Å². The van der Waals surface area contributed by atoms with E-state index in [0.717, 1.165) is 35.4 Å². The van der Waals surface area contributed by atoms with Crippen LogP contribution in [0.2, 0.25) is 0 Å². The molecule has 2 fully saturated rings. The summed E-state index contributed by atoms with van der Waals surface area (Å²) in [5, 5.41) is 3.13. The van der Waals surface area contributed by atoms with Crippen LogP contribution in [0.3, 0.4) is 0 Å². The summed E-state index contributed by atoms with van der Waals surface area (Å²) in [6.45, 7) is 2.88. The first-order valence-electron chi connectivity index (χ1n) is 7.38. The zero-order valence-corrected chi connectivity index (χ0v) is 11.6. The topological polar surface area (TPSA) is 42.0 Å². The minimum Gasteiger partial charge on any atom is -0.356 e. The molecule has 0 aliphatic heterocycles. The van der Waals surface area contributed by atoms with Gasteiger partial charge >= 0.3 is 0 Å². The van der Waals surface area contributed by atoms with Crippen LogP contribution < -0.4 is 5.32 Å². The number of hydrogen-bond donors (Lipinski definition) is 1. The van der Waals surface area contributed by atoms with E-state index in [1.54, 1.807) is 6.20 Å². The van der Waals surface area contributed by atoms with Gasteiger partial charge in [-0.15, -0.1) is 0 Å². The average Bonchev–Trinajstić information content (AvgIpc) is 3.01. The molecule has 3 heteroatoms. The predicted molar refractivity (Wildman–Crippen MR) is 74.6 cm³/mol. The number of amides is 1. The summed E-state index contributed by atoms with van der Waals surface area (Å²) in [5.41, 5.74) is 2.18. The molecule has 0 saturated heterocycles. The Hall–Kier alpha value is -1.38. The molecule has 3 atom stereocenters. The van der Waals surface area contributed by atoms with Gasteiger partial charge in [-0.1, -0.05) is 6.42 Å². The quantitative estimate of drug-likeness (QED) is 0.901. The van der Waals surface area contributed by atoms with Gasteiger partial charge in [-0.2, -0.15) is 0 Å². The molecule has 102 valence electrons. The third kappa shape index (κ3) is 2.80. The summed E-state index contributed by atoms with van der Waals surface area (Å²) in [7, 11) is 0. The van der Waals surface area contributed by atoms with Gasteiger partial charge in [0, 0.05) is 18.9 Å². The first-order valence-corrected chi connectivity index (χ1v) is 7.38. The van der Waals surface area contributed by atoms with Crippen molar-refractivity contribution in [1.82, 2.24) is 10.3 Å². The lowest BCUT2D eigenvalue weighted by atomic mass is 9.89. The highest BCUT2D eigenvalue weighted by Crippen LogP contribution is 2.47. The van der Waals surface area contributed by atoms with Crippen molar-refractivity contribution >= 4 is 5.91 Å². The van der Waals surface area contributed by atoms with Crippen LogP contribution in [0.4, 0.5) is 0 Å². The maximum Gasteiger partial charge on any atom is 0.224 e. The summed E-state index contributed by atoms with van der Waals surface area (Å²) >= 11 is 0. The molecular weight excluding hydrogens is 236 g/mol. The van der Waals surface area contributed by atoms with Crippen molar-refractivity contribution in [2.24, 2.45) is 17.8 Å². The molecule has 3 rings (SSSR count).